The van der Waals surface area contributed by atoms with Gasteiger partial charge in [0.1, 0.15) is 0 Å². The standard InChI is InChI=1S/C12H23N3O4/c1-14-6-4-5-9(14)7-15(2)12(18)13-10(8-19-3)11(16)17/h9-10H,4-8H2,1-3H3,(H,13,18)(H,16,17). The molecule has 1 rings (SSSR count). The molecule has 1 aliphatic heterocycles. The molecule has 0 saturated carbocycles. The van der Waals surface area contributed by atoms with E-state index in [-0.39, 0.29) is 12.6 Å². The normalized spacial score (nSPS) is 21.1. The molecule has 0 radical (unpaired) electrons. The summed E-state index contributed by atoms with van der Waals surface area (Å²) in [5, 5.41) is 11.4. The van der Waals surface area contributed by atoms with Gasteiger partial charge in [0.25, 0.3) is 0 Å². The van der Waals surface area contributed by atoms with E-state index in [4.69, 9.17) is 9.84 Å². The molecule has 7 heteroatoms. The van der Waals surface area contributed by atoms with Crippen molar-refractivity contribution in [1.82, 2.24) is 15.1 Å². The quantitative estimate of drug-likeness (QED) is 0.701. The summed E-state index contributed by atoms with van der Waals surface area (Å²) in [5.74, 6) is -1.10. The number of carbonyl (C=O) groups excluding carboxylic acids is 1. The zero-order valence-electron chi connectivity index (χ0n) is 11.8. The molecule has 0 aromatic rings. The van der Waals surface area contributed by atoms with E-state index >= 15 is 0 Å². The molecule has 0 aromatic heterocycles. The first-order chi connectivity index (χ1) is 8.95. The number of rotatable bonds is 6. The van der Waals surface area contributed by atoms with E-state index in [1.165, 1.54) is 12.0 Å². The van der Waals surface area contributed by atoms with Crippen LogP contribution in [-0.2, 0) is 9.53 Å². The lowest BCUT2D eigenvalue weighted by atomic mass is 10.2. The van der Waals surface area contributed by atoms with Gasteiger partial charge in [-0.15, -0.1) is 0 Å². The van der Waals surface area contributed by atoms with Gasteiger partial charge in [0.2, 0.25) is 0 Å². The number of nitrogens with one attached hydrogen (secondary N) is 1. The Morgan fingerprint density at radius 3 is 2.74 bits per heavy atom. The van der Waals surface area contributed by atoms with Crippen LogP contribution in [0.15, 0.2) is 0 Å². The molecule has 0 bridgehead atoms. The van der Waals surface area contributed by atoms with Crippen LogP contribution in [0.5, 0.6) is 0 Å². The van der Waals surface area contributed by atoms with Crippen molar-refractivity contribution in [2.75, 3.05) is 40.9 Å². The number of carboxylic acid groups (broad SMARTS) is 1. The largest absolute Gasteiger partial charge is 0.480 e. The molecule has 110 valence electrons. The topological polar surface area (TPSA) is 82.1 Å². The molecular formula is C12H23N3O4. The fraction of sp³-hybridized carbons (Fsp3) is 0.833. The molecule has 19 heavy (non-hydrogen) atoms. The third-order valence-corrected chi connectivity index (χ3v) is 3.43. The predicted octanol–water partition coefficient (Wildman–Crippen LogP) is -0.178. The van der Waals surface area contributed by atoms with E-state index in [0.717, 1.165) is 19.4 Å². The van der Waals surface area contributed by atoms with Crippen LogP contribution in [0.1, 0.15) is 12.8 Å². The summed E-state index contributed by atoms with van der Waals surface area (Å²) in [6.07, 6.45) is 2.20. The van der Waals surface area contributed by atoms with Crippen LogP contribution in [0.25, 0.3) is 0 Å². The van der Waals surface area contributed by atoms with Crippen molar-refractivity contribution in [2.24, 2.45) is 0 Å². The van der Waals surface area contributed by atoms with Crippen molar-refractivity contribution >= 4 is 12.0 Å². The molecule has 7 nitrogen and oxygen atoms in total. The van der Waals surface area contributed by atoms with E-state index in [0.29, 0.717) is 12.6 Å². The Morgan fingerprint density at radius 2 is 2.26 bits per heavy atom. The number of hydrogen-bond acceptors (Lipinski definition) is 4. The second kappa shape index (κ2) is 7.30. The van der Waals surface area contributed by atoms with Gasteiger partial charge in [0, 0.05) is 26.7 Å². The fourth-order valence-corrected chi connectivity index (χ4v) is 2.21. The van der Waals surface area contributed by atoms with E-state index in [1.54, 1.807) is 7.05 Å². The van der Waals surface area contributed by atoms with Gasteiger partial charge in [0.15, 0.2) is 6.04 Å². The number of likely N-dealkylation sites (tertiary alicyclic amines) is 1. The average molecular weight is 273 g/mol. The molecule has 0 spiro atoms. The highest BCUT2D eigenvalue weighted by Crippen LogP contribution is 2.15. The molecule has 2 atom stereocenters. The maximum absolute atomic E-state index is 11.9. The number of hydrogen-bond donors (Lipinski definition) is 2. The third kappa shape index (κ3) is 4.68. The number of nitrogens with zero attached hydrogens (tertiary/aromatic N) is 2. The number of aliphatic carboxylic acids is 1. The molecule has 0 aromatic carbocycles. The number of amides is 2. The smallest absolute Gasteiger partial charge is 0.328 e. The van der Waals surface area contributed by atoms with Gasteiger partial charge < -0.3 is 25.0 Å². The van der Waals surface area contributed by atoms with Gasteiger partial charge in [-0.25, -0.2) is 9.59 Å². The highest BCUT2D eigenvalue weighted by atomic mass is 16.5. The Balaban J connectivity index is 2.44. The van der Waals surface area contributed by atoms with E-state index < -0.39 is 12.0 Å². The molecule has 1 heterocycles. The number of urea groups is 1. The fourth-order valence-electron chi connectivity index (χ4n) is 2.21. The number of ether oxygens (including phenoxy) is 1. The highest BCUT2D eigenvalue weighted by Gasteiger charge is 2.26. The molecule has 2 unspecified atom stereocenters. The second-order valence-electron chi connectivity index (χ2n) is 4.95. The van der Waals surface area contributed by atoms with Crippen molar-refractivity contribution in [3.05, 3.63) is 0 Å². The molecule has 1 fully saturated rings. The van der Waals surface area contributed by atoms with Crippen molar-refractivity contribution in [1.29, 1.82) is 0 Å². The number of likely N-dealkylation sites (N-methyl/N-ethyl adjacent to an activating group) is 2. The minimum absolute atomic E-state index is 0.0434. The Labute approximate surface area is 113 Å². The Kier molecular flexibility index (Phi) is 6.04. The van der Waals surface area contributed by atoms with Crippen molar-refractivity contribution in [3.8, 4) is 0 Å². The number of carbonyl (C=O) groups is 2. The number of methoxy groups -OCH3 is 1. The van der Waals surface area contributed by atoms with Gasteiger partial charge in [-0.2, -0.15) is 0 Å². The van der Waals surface area contributed by atoms with Gasteiger partial charge in [-0.05, 0) is 26.4 Å². The maximum atomic E-state index is 11.9. The van der Waals surface area contributed by atoms with Crippen molar-refractivity contribution in [2.45, 2.75) is 24.9 Å². The molecular weight excluding hydrogens is 250 g/mol. The molecule has 1 aliphatic rings. The third-order valence-electron chi connectivity index (χ3n) is 3.43. The monoisotopic (exact) mass is 273 g/mol. The summed E-state index contributed by atoms with van der Waals surface area (Å²) in [6.45, 7) is 1.60. The van der Waals surface area contributed by atoms with Gasteiger partial charge in [-0.3, -0.25) is 0 Å². The van der Waals surface area contributed by atoms with Crippen LogP contribution < -0.4 is 5.32 Å². The highest BCUT2D eigenvalue weighted by molar-refractivity contribution is 5.82. The first-order valence-corrected chi connectivity index (χ1v) is 6.39. The zero-order chi connectivity index (χ0) is 14.4. The lowest BCUT2D eigenvalue weighted by molar-refractivity contribution is -0.140. The summed E-state index contributed by atoms with van der Waals surface area (Å²) in [4.78, 5) is 26.6. The first kappa shape index (κ1) is 15.7. The van der Waals surface area contributed by atoms with Crippen LogP contribution in [0.4, 0.5) is 4.79 Å². The van der Waals surface area contributed by atoms with Crippen LogP contribution in [-0.4, -0.2) is 79.9 Å². The lowest BCUT2D eigenvalue weighted by Gasteiger charge is -2.27. The Morgan fingerprint density at radius 1 is 1.58 bits per heavy atom. The molecule has 0 aliphatic carbocycles. The maximum Gasteiger partial charge on any atom is 0.328 e. The van der Waals surface area contributed by atoms with Gasteiger partial charge in [0.05, 0.1) is 6.61 Å². The van der Waals surface area contributed by atoms with E-state index in [1.807, 2.05) is 7.05 Å². The van der Waals surface area contributed by atoms with E-state index in [9.17, 15) is 9.59 Å². The summed E-state index contributed by atoms with van der Waals surface area (Å²) in [5.41, 5.74) is 0. The minimum atomic E-state index is -1.10. The summed E-state index contributed by atoms with van der Waals surface area (Å²) >= 11 is 0. The first-order valence-electron chi connectivity index (χ1n) is 6.39. The molecule has 2 N–H and O–H groups in total. The van der Waals surface area contributed by atoms with Crippen molar-refractivity contribution < 1.29 is 19.4 Å². The predicted molar refractivity (Wildman–Crippen MR) is 70.1 cm³/mol. The van der Waals surface area contributed by atoms with Crippen LogP contribution in [0, 0.1) is 0 Å². The van der Waals surface area contributed by atoms with Crippen LogP contribution in [0.3, 0.4) is 0 Å². The number of carboxylic acids is 1. The van der Waals surface area contributed by atoms with Crippen LogP contribution in [0.2, 0.25) is 0 Å². The molecule has 2 amide bonds. The van der Waals surface area contributed by atoms with Crippen molar-refractivity contribution in [3.63, 3.8) is 0 Å². The Bertz CT molecular complexity index is 324. The minimum Gasteiger partial charge on any atom is -0.480 e. The average Bonchev–Trinajstić information content (AvgIpc) is 2.74. The zero-order valence-corrected chi connectivity index (χ0v) is 11.8. The second-order valence-corrected chi connectivity index (χ2v) is 4.95. The summed E-state index contributed by atoms with van der Waals surface area (Å²) < 4.78 is 4.77. The lowest BCUT2D eigenvalue weighted by Crippen LogP contribution is -2.51. The summed E-state index contributed by atoms with van der Waals surface area (Å²) in [7, 11) is 5.11. The van der Waals surface area contributed by atoms with Gasteiger partial charge >= 0.3 is 12.0 Å². The SMILES string of the molecule is COCC(NC(=O)N(C)CC1CCCN1C)C(=O)O. The Hall–Kier alpha value is -1.34. The van der Waals surface area contributed by atoms with E-state index in [2.05, 4.69) is 10.2 Å². The summed E-state index contributed by atoms with van der Waals surface area (Å²) in [6, 6.07) is -1.05. The molecule has 1 saturated heterocycles. The van der Waals surface area contributed by atoms with Gasteiger partial charge in [-0.1, -0.05) is 0 Å². The van der Waals surface area contributed by atoms with Crippen LogP contribution >= 0.6 is 0 Å².